The molecule has 0 N–H and O–H groups in total. The fourth-order valence-electron chi connectivity index (χ4n) is 2.13. The molecule has 0 spiro atoms. The van der Waals surface area contributed by atoms with Gasteiger partial charge in [0, 0.05) is 6.42 Å². The Morgan fingerprint density at radius 1 is 0.957 bits per heavy atom. The van der Waals surface area contributed by atoms with Crippen molar-refractivity contribution in [1.29, 1.82) is 0 Å². The van der Waals surface area contributed by atoms with Crippen molar-refractivity contribution < 1.29 is 14.3 Å². The van der Waals surface area contributed by atoms with Crippen LogP contribution in [0.15, 0.2) is 72.5 Å². The molecule has 0 fully saturated rings. The summed E-state index contributed by atoms with van der Waals surface area (Å²) in [5, 5.41) is 0. The molecule has 0 aliphatic heterocycles. The van der Waals surface area contributed by atoms with E-state index in [4.69, 9.17) is 4.74 Å². The highest BCUT2D eigenvalue weighted by Crippen LogP contribution is 2.11. The second-order valence-electron chi connectivity index (χ2n) is 5.12. The molecular formula is C20H20O3. The molecule has 0 unspecified atom stereocenters. The van der Waals surface area contributed by atoms with Crippen molar-refractivity contribution in [2.24, 2.45) is 0 Å². The van der Waals surface area contributed by atoms with Crippen LogP contribution in [0, 0.1) is 0 Å². The van der Waals surface area contributed by atoms with Crippen LogP contribution >= 0.6 is 0 Å². The van der Waals surface area contributed by atoms with Gasteiger partial charge in [0.1, 0.15) is 0 Å². The molecule has 3 nitrogen and oxygen atoms in total. The molecule has 0 bridgehead atoms. The summed E-state index contributed by atoms with van der Waals surface area (Å²) < 4.78 is 5.30. The molecule has 3 heteroatoms. The highest BCUT2D eigenvalue weighted by Gasteiger charge is 2.15. The number of carbonyl (C=O) groups is 2. The smallest absolute Gasteiger partial charge is 0.343 e. The van der Waals surface area contributed by atoms with Crippen molar-refractivity contribution in [3.63, 3.8) is 0 Å². The summed E-state index contributed by atoms with van der Waals surface area (Å²) in [4.78, 5) is 24.1. The van der Waals surface area contributed by atoms with Gasteiger partial charge in [-0.25, -0.2) is 4.79 Å². The van der Waals surface area contributed by atoms with Crippen molar-refractivity contribution in [3.05, 3.63) is 83.6 Å². The normalized spacial score (nSPS) is 11.1. The molecule has 2 rings (SSSR count). The summed E-state index contributed by atoms with van der Waals surface area (Å²) in [6.45, 7) is 1.75. The second-order valence-corrected chi connectivity index (χ2v) is 5.12. The first-order valence-electron chi connectivity index (χ1n) is 7.75. The minimum Gasteiger partial charge on any atom is -0.419 e. The van der Waals surface area contributed by atoms with Crippen molar-refractivity contribution >= 4 is 11.8 Å². The molecule has 0 aliphatic rings. The van der Waals surface area contributed by atoms with E-state index >= 15 is 0 Å². The summed E-state index contributed by atoms with van der Waals surface area (Å²) >= 11 is 0. The summed E-state index contributed by atoms with van der Waals surface area (Å²) in [6, 6.07) is 18.7. The number of ether oxygens (including phenoxy) is 1. The number of benzene rings is 2. The molecule has 0 heterocycles. The number of Topliss-reactive ketones (excluding diaryl/α,β-unsaturated/α-hetero) is 1. The number of aryl methyl sites for hydroxylation is 1. The number of ketones is 1. The maximum Gasteiger partial charge on any atom is 0.343 e. The SMILES string of the molecule is CCC(=O)/C(=C/CCc1ccccc1)OC(=O)c1ccccc1. The topological polar surface area (TPSA) is 43.4 Å². The minimum atomic E-state index is -0.502. The average molecular weight is 308 g/mol. The third kappa shape index (κ3) is 5.22. The van der Waals surface area contributed by atoms with Gasteiger partial charge in [-0.15, -0.1) is 0 Å². The molecule has 0 saturated carbocycles. The highest BCUT2D eigenvalue weighted by atomic mass is 16.5. The molecule has 118 valence electrons. The lowest BCUT2D eigenvalue weighted by Gasteiger charge is -2.07. The fraction of sp³-hybridized carbons (Fsp3) is 0.200. The Bertz CT molecular complexity index is 673. The third-order valence-corrected chi connectivity index (χ3v) is 3.41. The van der Waals surface area contributed by atoms with E-state index in [-0.39, 0.29) is 11.5 Å². The van der Waals surface area contributed by atoms with Crippen molar-refractivity contribution in [1.82, 2.24) is 0 Å². The Labute approximate surface area is 136 Å². The summed E-state index contributed by atoms with van der Waals surface area (Å²) in [7, 11) is 0. The van der Waals surface area contributed by atoms with Gasteiger partial charge in [-0.05, 0) is 36.6 Å². The van der Waals surface area contributed by atoms with Gasteiger partial charge in [0.25, 0.3) is 0 Å². The van der Waals surface area contributed by atoms with Crippen LogP contribution in [0.1, 0.15) is 35.7 Å². The van der Waals surface area contributed by atoms with Gasteiger partial charge < -0.3 is 4.74 Å². The number of hydrogen-bond donors (Lipinski definition) is 0. The minimum absolute atomic E-state index is 0.136. The molecule has 23 heavy (non-hydrogen) atoms. The number of hydrogen-bond acceptors (Lipinski definition) is 3. The van der Waals surface area contributed by atoms with Gasteiger partial charge in [-0.1, -0.05) is 55.5 Å². The highest BCUT2D eigenvalue weighted by molar-refractivity contribution is 5.98. The zero-order valence-electron chi connectivity index (χ0n) is 13.2. The van der Waals surface area contributed by atoms with Gasteiger partial charge in [-0.2, -0.15) is 0 Å². The molecule has 0 radical (unpaired) electrons. The van der Waals surface area contributed by atoms with E-state index < -0.39 is 5.97 Å². The third-order valence-electron chi connectivity index (χ3n) is 3.41. The van der Waals surface area contributed by atoms with E-state index in [1.165, 1.54) is 5.56 Å². The van der Waals surface area contributed by atoms with E-state index in [2.05, 4.69) is 0 Å². The van der Waals surface area contributed by atoms with E-state index in [0.29, 0.717) is 18.4 Å². The van der Waals surface area contributed by atoms with Gasteiger partial charge in [0.05, 0.1) is 5.56 Å². The van der Waals surface area contributed by atoms with Crippen LogP contribution in [0.5, 0.6) is 0 Å². The van der Waals surface area contributed by atoms with E-state index in [1.807, 2.05) is 36.4 Å². The van der Waals surface area contributed by atoms with Crippen LogP contribution in [0.25, 0.3) is 0 Å². The van der Waals surface area contributed by atoms with Crippen molar-refractivity contribution in [3.8, 4) is 0 Å². The lowest BCUT2D eigenvalue weighted by molar-refractivity contribution is -0.117. The summed E-state index contributed by atoms with van der Waals surface area (Å²) in [6.07, 6.45) is 3.45. The maximum atomic E-state index is 12.1. The zero-order valence-corrected chi connectivity index (χ0v) is 13.2. The number of esters is 1. The summed E-state index contributed by atoms with van der Waals surface area (Å²) in [5.41, 5.74) is 1.62. The molecular weight excluding hydrogens is 288 g/mol. The lowest BCUT2D eigenvalue weighted by Crippen LogP contribution is -2.11. The zero-order chi connectivity index (χ0) is 16.5. The van der Waals surface area contributed by atoms with Crippen LogP contribution < -0.4 is 0 Å². The van der Waals surface area contributed by atoms with E-state index in [1.54, 1.807) is 37.3 Å². The fourth-order valence-corrected chi connectivity index (χ4v) is 2.13. The van der Waals surface area contributed by atoms with Gasteiger partial charge in [-0.3, -0.25) is 4.79 Å². The second kappa shape index (κ2) is 8.69. The van der Waals surface area contributed by atoms with Crippen LogP contribution in [-0.2, 0) is 16.0 Å². The first-order chi connectivity index (χ1) is 11.2. The van der Waals surface area contributed by atoms with E-state index in [0.717, 1.165) is 6.42 Å². The first-order valence-corrected chi connectivity index (χ1v) is 7.75. The van der Waals surface area contributed by atoms with Crippen LogP contribution in [-0.4, -0.2) is 11.8 Å². The Kier molecular flexibility index (Phi) is 6.30. The van der Waals surface area contributed by atoms with Crippen LogP contribution in [0.2, 0.25) is 0 Å². The molecule has 0 aromatic heterocycles. The van der Waals surface area contributed by atoms with Gasteiger partial charge in [0.2, 0.25) is 0 Å². The Morgan fingerprint density at radius 3 is 2.17 bits per heavy atom. The molecule has 0 amide bonds. The first kappa shape index (κ1) is 16.7. The Balaban J connectivity index is 2.03. The average Bonchev–Trinajstić information content (AvgIpc) is 2.61. The van der Waals surface area contributed by atoms with Crippen molar-refractivity contribution in [2.75, 3.05) is 0 Å². The standard InChI is InChI=1S/C20H20O3/c1-2-18(21)19(15-9-12-16-10-5-3-6-11-16)23-20(22)17-13-7-4-8-14-17/h3-8,10-11,13-15H,2,9,12H2,1H3/b19-15-. The van der Waals surface area contributed by atoms with Crippen LogP contribution in [0.3, 0.4) is 0 Å². The predicted molar refractivity (Wildman–Crippen MR) is 90.0 cm³/mol. The molecule has 2 aromatic rings. The molecule has 2 aromatic carbocycles. The predicted octanol–water partition coefficient (Wildman–Crippen LogP) is 4.34. The van der Waals surface area contributed by atoms with Gasteiger partial charge in [0.15, 0.2) is 11.5 Å². The van der Waals surface area contributed by atoms with Gasteiger partial charge >= 0.3 is 5.97 Å². The lowest BCUT2D eigenvalue weighted by atomic mass is 10.1. The number of carbonyl (C=O) groups excluding carboxylic acids is 2. The van der Waals surface area contributed by atoms with E-state index in [9.17, 15) is 9.59 Å². The van der Waals surface area contributed by atoms with Crippen LogP contribution in [0.4, 0.5) is 0 Å². The monoisotopic (exact) mass is 308 g/mol. The molecule has 0 atom stereocenters. The van der Waals surface area contributed by atoms with Crippen molar-refractivity contribution in [2.45, 2.75) is 26.2 Å². The Morgan fingerprint density at radius 2 is 1.57 bits per heavy atom. The number of allylic oxidation sites excluding steroid dienone is 2. The molecule has 0 saturated heterocycles. The Hall–Kier alpha value is -2.68. The largest absolute Gasteiger partial charge is 0.419 e. The number of rotatable bonds is 7. The summed E-state index contributed by atoms with van der Waals surface area (Å²) in [5.74, 6) is -0.530. The molecule has 0 aliphatic carbocycles. The quantitative estimate of drug-likeness (QED) is 0.434. The maximum absolute atomic E-state index is 12.1.